The second kappa shape index (κ2) is 4.24. The summed E-state index contributed by atoms with van der Waals surface area (Å²) in [4.78, 5) is 10.1. The van der Waals surface area contributed by atoms with Crippen molar-refractivity contribution in [3.8, 4) is 0 Å². The van der Waals surface area contributed by atoms with Crippen molar-refractivity contribution in [3.63, 3.8) is 0 Å². The standard InChI is InChI=1S/C6H13NO3/c1-4(2)3-10-5(7)6(8)9/h4-5H,3,7H2,1-2H3,(H,8,9). The van der Waals surface area contributed by atoms with Crippen LogP contribution in [0.4, 0.5) is 0 Å². The lowest BCUT2D eigenvalue weighted by atomic mass is 10.2. The number of rotatable bonds is 4. The van der Waals surface area contributed by atoms with Gasteiger partial charge < -0.3 is 9.84 Å². The Kier molecular flexibility index (Phi) is 3.99. The van der Waals surface area contributed by atoms with E-state index >= 15 is 0 Å². The summed E-state index contributed by atoms with van der Waals surface area (Å²) in [6.07, 6.45) is -1.18. The third-order valence-corrected chi connectivity index (χ3v) is 0.853. The Morgan fingerprint density at radius 2 is 2.20 bits per heavy atom. The third-order valence-electron chi connectivity index (χ3n) is 0.853. The van der Waals surface area contributed by atoms with Crippen molar-refractivity contribution in [2.75, 3.05) is 6.61 Å². The summed E-state index contributed by atoms with van der Waals surface area (Å²) >= 11 is 0. The van der Waals surface area contributed by atoms with Gasteiger partial charge in [-0.15, -0.1) is 0 Å². The SMILES string of the molecule is CC(C)COC(N)C(=O)O. The van der Waals surface area contributed by atoms with Gasteiger partial charge in [-0.2, -0.15) is 0 Å². The van der Waals surface area contributed by atoms with Crippen LogP contribution in [0.3, 0.4) is 0 Å². The Balaban J connectivity index is 3.40. The molecule has 0 aromatic heterocycles. The molecule has 0 saturated heterocycles. The molecule has 1 atom stereocenters. The van der Waals surface area contributed by atoms with Gasteiger partial charge in [0.05, 0.1) is 6.61 Å². The lowest BCUT2D eigenvalue weighted by Crippen LogP contribution is -2.34. The molecule has 3 N–H and O–H groups in total. The van der Waals surface area contributed by atoms with E-state index in [0.717, 1.165) is 0 Å². The number of carbonyl (C=O) groups is 1. The third kappa shape index (κ3) is 4.29. The number of hydrogen-bond donors (Lipinski definition) is 2. The lowest BCUT2D eigenvalue weighted by molar-refractivity contribution is -0.150. The first-order valence-electron chi connectivity index (χ1n) is 3.14. The molecule has 0 radical (unpaired) electrons. The fourth-order valence-electron chi connectivity index (χ4n) is 0.367. The molecule has 0 aliphatic heterocycles. The number of carboxylic acid groups (broad SMARTS) is 1. The van der Waals surface area contributed by atoms with Crippen LogP contribution >= 0.6 is 0 Å². The minimum Gasteiger partial charge on any atom is -0.478 e. The van der Waals surface area contributed by atoms with Crippen molar-refractivity contribution in [1.82, 2.24) is 0 Å². The highest BCUT2D eigenvalue weighted by molar-refractivity contribution is 5.71. The smallest absolute Gasteiger partial charge is 0.347 e. The van der Waals surface area contributed by atoms with Gasteiger partial charge in [0.1, 0.15) is 0 Å². The quantitative estimate of drug-likeness (QED) is 0.550. The largest absolute Gasteiger partial charge is 0.478 e. The highest BCUT2D eigenvalue weighted by Crippen LogP contribution is 1.93. The lowest BCUT2D eigenvalue weighted by Gasteiger charge is -2.09. The molecule has 0 heterocycles. The summed E-state index contributed by atoms with van der Waals surface area (Å²) in [7, 11) is 0. The maximum absolute atomic E-state index is 10.1. The molecule has 4 nitrogen and oxygen atoms in total. The maximum Gasteiger partial charge on any atom is 0.347 e. The van der Waals surface area contributed by atoms with Crippen LogP contribution in [-0.2, 0) is 9.53 Å². The summed E-state index contributed by atoms with van der Waals surface area (Å²) in [6.45, 7) is 4.23. The molecule has 60 valence electrons. The summed E-state index contributed by atoms with van der Waals surface area (Å²) in [5.74, 6) is -0.814. The van der Waals surface area contributed by atoms with Crippen LogP contribution in [0.15, 0.2) is 0 Å². The van der Waals surface area contributed by atoms with Crippen molar-refractivity contribution in [1.29, 1.82) is 0 Å². The second-order valence-electron chi connectivity index (χ2n) is 2.49. The Labute approximate surface area is 60.0 Å². The number of hydrogen-bond acceptors (Lipinski definition) is 3. The number of ether oxygens (including phenoxy) is 1. The zero-order valence-corrected chi connectivity index (χ0v) is 6.20. The summed E-state index contributed by atoms with van der Waals surface area (Å²) in [5, 5.41) is 8.24. The number of carboxylic acids is 1. The van der Waals surface area contributed by atoms with E-state index in [9.17, 15) is 4.79 Å². The molecule has 1 unspecified atom stereocenters. The average molecular weight is 147 g/mol. The van der Waals surface area contributed by atoms with Crippen LogP contribution in [0.1, 0.15) is 13.8 Å². The van der Waals surface area contributed by atoms with Crippen LogP contribution < -0.4 is 5.73 Å². The highest BCUT2D eigenvalue weighted by Gasteiger charge is 2.11. The van der Waals surface area contributed by atoms with Crippen LogP contribution in [0, 0.1) is 5.92 Å². The number of nitrogens with two attached hydrogens (primary N) is 1. The Bertz CT molecular complexity index is 114. The Morgan fingerprint density at radius 3 is 2.50 bits per heavy atom. The van der Waals surface area contributed by atoms with Gasteiger partial charge in [-0.1, -0.05) is 13.8 Å². The van der Waals surface area contributed by atoms with Crippen LogP contribution in [0.2, 0.25) is 0 Å². The molecular formula is C6H13NO3. The fourth-order valence-corrected chi connectivity index (χ4v) is 0.367. The van der Waals surface area contributed by atoms with Crippen molar-refractivity contribution in [2.45, 2.75) is 20.1 Å². The first-order chi connectivity index (χ1) is 4.54. The van der Waals surface area contributed by atoms with Crippen LogP contribution in [0.5, 0.6) is 0 Å². The van der Waals surface area contributed by atoms with E-state index in [1.54, 1.807) is 0 Å². The van der Waals surface area contributed by atoms with E-state index < -0.39 is 12.2 Å². The summed E-state index contributed by atoms with van der Waals surface area (Å²) in [6, 6.07) is 0. The topological polar surface area (TPSA) is 72.5 Å². The molecular weight excluding hydrogens is 134 g/mol. The molecule has 10 heavy (non-hydrogen) atoms. The molecule has 0 amide bonds. The second-order valence-corrected chi connectivity index (χ2v) is 2.49. The minimum atomic E-state index is -1.18. The first kappa shape index (κ1) is 9.39. The normalized spacial score (nSPS) is 13.6. The van der Waals surface area contributed by atoms with Gasteiger partial charge in [0.2, 0.25) is 6.23 Å². The minimum absolute atomic E-state index is 0.311. The van der Waals surface area contributed by atoms with Crippen molar-refractivity contribution in [3.05, 3.63) is 0 Å². The maximum atomic E-state index is 10.1. The molecule has 0 saturated carbocycles. The molecule has 0 bridgehead atoms. The van der Waals surface area contributed by atoms with E-state index in [1.807, 2.05) is 13.8 Å². The zero-order valence-electron chi connectivity index (χ0n) is 6.20. The van der Waals surface area contributed by atoms with E-state index in [-0.39, 0.29) is 0 Å². The molecule has 0 spiro atoms. The van der Waals surface area contributed by atoms with Gasteiger partial charge in [-0.3, -0.25) is 5.73 Å². The molecule has 4 heteroatoms. The zero-order chi connectivity index (χ0) is 8.15. The molecule has 0 fully saturated rings. The van der Waals surface area contributed by atoms with Crippen LogP contribution in [-0.4, -0.2) is 23.9 Å². The molecule has 0 aliphatic rings. The Morgan fingerprint density at radius 1 is 1.70 bits per heavy atom. The average Bonchev–Trinajstić information content (AvgIpc) is 1.82. The van der Waals surface area contributed by atoms with Crippen molar-refractivity contribution in [2.24, 2.45) is 11.7 Å². The van der Waals surface area contributed by atoms with Gasteiger partial charge >= 0.3 is 5.97 Å². The summed E-state index contributed by atoms with van der Waals surface area (Å²) < 4.78 is 4.74. The molecule has 0 aliphatic carbocycles. The van der Waals surface area contributed by atoms with Crippen molar-refractivity contribution >= 4 is 5.97 Å². The van der Waals surface area contributed by atoms with Gasteiger partial charge in [0, 0.05) is 0 Å². The Hall–Kier alpha value is -0.610. The van der Waals surface area contributed by atoms with Gasteiger partial charge in [0.15, 0.2) is 0 Å². The van der Waals surface area contributed by atoms with E-state index in [1.165, 1.54) is 0 Å². The van der Waals surface area contributed by atoms with E-state index in [0.29, 0.717) is 12.5 Å². The number of aliphatic carboxylic acids is 1. The molecule has 0 aromatic carbocycles. The predicted molar refractivity (Wildman–Crippen MR) is 36.4 cm³/mol. The van der Waals surface area contributed by atoms with E-state index in [4.69, 9.17) is 15.6 Å². The van der Waals surface area contributed by atoms with Gasteiger partial charge in [-0.25, -0.2) is 4.79 Å². The van der Waals surface area contributed by atoms with Gasteiger partial charge in [0.25, 0.3) is 0 Å². The molecule has 0 rings (SSSR count). The summed E-state index contributed by atoms with van der Waals surface area (Å²) in [5.41, 5.74) is 5.04. The van der Waals surface area contributed by atoms with E-state index in [2.05, 4.69) is 0 Å². The first-order valence-corrected chi connectivity index (χ1v) is 3.14. The fraction of sp³-hybridized carbons (Fsp3) is 0.833. The monoisotopic (exact) mass is 147 g/mol. The van der Waals surface area contributed by atoms with Gasteiger partial charge in [-0.05, 0) is 5.92 Å². The predicted octanol–water partition coefficient (Wildman–Crippen LogP) is 0.0284. The van der Waals surface area contributed by atoms with Crippen molar-refractivity contribution < 1.29 is 14.6 Å². The molecule has 0 aromatic rings. The van der Waals surface area contributed by atoms with Crippen LogP contribution in [0.25, 0.3) is 0 Å². The highest BCUT2D eigenvalue weighted by atomic mass is 16.5.